The molecule has 0 unspecified atom stereocenters. The van der Waals surface area contributed by atoms with Gasteiger partial charge in [-0.1, -0.05) is 29.5 Å². The summed E-state index contributed by atoms with van der Waals surface area (Å²) in [6, 6.07) is 17.6. The number of anilines is 1. The SMILES string of the molecule is CCN(C)/C(=N\c1cccc(C(=O)NCCc2ccc(O)cc2)c1)Nc1nc2ccc(OC(F)(F)F)cc2s1. The molecule has 12 heteroatoms. The molecule has 8 nitrogen and oxygen atoms in total. The number of alkyl halides is 3. The van der Waals surface area contributed by atoms with Crippen LogP contribution in [0, 0.1) is 0 Å². The van der Waals surface area contributed by atoms with Crippen molar-refractivity contribution in [1.29, 1.82) is 0 Å². The predicted molar refractivity (Wildman–Crippen MR) is 146 cm³/mol. The minimum Gasteiger partial charge on any atom is -0.508 e. The van der Waals surface area contributed by atoms with Crippen LogP contribution in [-0.2, 0) is 6.42 Å². The van der Waals surface area contributed by atoms with E-state index in [1.54, 1.807) is 48.5 Å². The summed E-state index contributed by atoms with van der Waals surface area (Å²) >= 11 is 1.17. The van der Waals surface area contributed by atoms with Crippen molar-refractivity contribution in [2.75, 3.05) is 25.5 Å². The quantitative estimate of drug-likeness (QED) is 0.184. The van der Waals surface area contributed by atoms with E-state index in [4.69, 9.17) is 0 Å². The molecular formula is C27H26F3N5O3S. The number of rotatable bonds is 8. The zero-order valence-electron chi connectivity index (χ0n) is 21.1. The number of hydrogen-bond acceptors (Lipinski definition) is 6. The lowest BCUT2D eigenvalue weighted by atomic mass is 10.1. The van der Waals surface area contributed by atoms with Crippen LogP contribution in [-0.4, -0.2) is 53.4 Å². The minimum atomic E-state index is -4.78. The van der Waals surface area contributed by atoms with Crippen LogP contribution in [0.3, 0.4) is 0 Å². The average molecular weight is 558 g/mol. The third kappa shape index (κ3) is 7.84. The molecule has 4 aromatic rings. The van der Waals surface area contributed by atoms with Crippen LogP contribution in [0.25, 0.3) is 10.2 Å². The fourth-order valence-corrected chi connectivity index (χ4v) is 4.42. The van der Waals surface area contributed by atoms with E-state index in [0.29, 0.717) is 52.1 Å². The third-order valence-electron chi connectivity index (χ3n) is 5.63. The lowest BCUT2D eigenvalue weighted by Crippen LogP contribution is -2.32. The van der Waals surface area contributed by atoms with Crippen molar-refractivity contribution < 1.29 is 27.8 Å². The van der Waals surface area contributed by atoms with E-state index in [2.05, 4.69) is 25.3 Å². The second-order valence-electron chi connectivity index (χ2n) is 8.49. The third-order valence-corrected chi connectivity index (χ3v) is 6.56. The van der Waals surface area contributed by atoms with E-state index < -0.39 is 6.36 Å². The first-order valence-corrected chi connectivity index (χ1v) is 12.8. The molecule has 3 N–H and O–H groups in total. The smallest absolute Gasteiger partial charge is 0.508 e. The Labute approximate surface area is 226 Å². The Kier molecular flexibility index (Phi) is 8.55. The van der Waals surface area contributed by atoms with Crippen molar-refractivity contribution >= 4 is 44.2 Å². The zero-order chi connectivity index (χ0) is 28.0. The number of aromatic hydroxyl groups is 1. The minimum absolute atomic E-state index is 0.190. The molecule has 0 aliphatic rings. The number of carbonyl (C=O) groups is 1. The van der Waals surface area contributed by atoms with Crippen LogP contribution in [0.2, 0.25) is 0 Å². The van der Waals surface area contributed by atoms with Gasteiger partial charge in [-0.3, -0.25) is 4.79 Å². The zero-order valence-corrected chi connectivity index (χ0v) is 21.9. The number of carbonyl (C=O) groups excluding carboxylic acids is 1. The molecule has 0 fully saturated rings. The summed E-state index contributed by atoms with van der Waals surface area (Å²) in [5.41, 5.74) is 2.48. The summed E-state index contributed by atoms with van der Waals surface area (Å²) in [7, 11) is 1.83. The van der Waals surface area contributed by atoms with Gasteiger partial charge in [-0.2, -0.15) is 0 Å². The summed E-state index contributed by atoms with van der Waals surface area (Å²) in [5.74, 6) is 0.0823. The number of ether oxygens (including phenoxy) is 1. The van der Waals surface area contributed by atoms with Crippen LogP contribution in [0.1, 0.15) is 22.8 Å². The summed E-state index contributed by atoms with van der Waals surface area (Å²) in [6.07, 6.45) is -4.16. The molecule has 0 radical (unpaired) electrons. The van der Waals surface area contributed by atoms with Gasteiger partial charge in [0.1, 0.15) is 11.5 Å². The van der Waals surface area contributed by atoms with Gasteiger partial charge < -0.3 is 25.4 Å². The molecule has 1 heterocycles. The van der Waals surface area contributed by atoms with E-state index in [-0.39, 0.29) is 17.4 Å². The highest BCUT2D eigenvalue weighted by atomic mass is 32.1. The van der Waals surface area contributed by atoms with E-state index in [9.17, 15) is 23.1 Å². The van der Waals surface area contributed by atoms with Crippen LogP contribution in [0.15, 0.2) is 71.7 Å². The Morgan fingerprint density at radius 2 is 1.90 bits per heavy atom. The number of aromatic nitrogens is 1. The highest BCUT2D eigenvalue weighted by molar-refractivity contribution is 7.22. The number of thiazole rings is 1. The van der Waals surface area contributed by atoms with E-state index >= 15 is 0 Å². The van der Waals surface area contributed by atoms with E-state index in [1.165, 1.54) is 29.5 Å². The molecule has 0 bridgehead atoms. The van der Waals surface area contributed by atoms with Crippen LogP contribution < -0.4 is 15.4 Å². The van der Waals surface area contributed by atoms with Gasteiger partial charge in [0.2, 0.25) is 5.96 Å². The number of nitrogens with zero attached hydrogens (tertiary/aromatic N) is 3. The number of nitrogens with one attached hydrogen (secondary N) is 2. The van der Waals surface area contributed by atoms with Crippen LogP contribution in [0.4, 0.5) is 24.0 Å². The number of phenolic OH excluding ortho intramolecular Hbond substituents is 1. The van der Waals surface area contributed by atoms with Crippen LogP contribution in [0.5, 0.6) is 11.5 Å². The molecule has 4 rings (SSSR count). The fraction of sp³-hybridized carbons (Fsp3) is 0.222. The number of benzene rings is 3. The Morgan fingerprint density at radius 3 is 2.62 bits per heavy atom. The second-order valence-corrected chi connectivity index (χ2v) is 9.52. The normalized spacial score (nSPS) is 11.9. The average Bonchev–Trinajstić information content (AvgIpc) is 3.29. The number of amides is 1. The molecule has 0 spiro atoms. The van der Waals surface area contributed by atoms with Gasteiger partial charge >= 0.3 is 6.36 Å². The number of guanidine groups is 1. The maximum Gasteiger partial charge on any atom is 0.573 e. The highest BCUT2D eigenvalue weighted by Gasteiger charge is 2.31. The maximum atomic E-state index is 12.7. The number of aliphatic imine (C=N–C) groups is 1. The lowest BCUT2D eigenvalue weighted by Gasteiger charge is -2.19. The Hall–Kier alpha value is -4.32. The van der Waals surface area contributed by atoms with E-state index in [0.717, 1.165) is 5.56 Å². The first kappa shape index (κ1) is 27.7. The van der Waals surface area contributed by atoms with Gasteiger partial charge in [-0.15, -0.1) is 13.2 Å². The number of hydrogen-bond donors (Lipinski definition) is 3. The van der Waals surface area contributed by atoms with Crippen molar-refractivity contribution in [3.63, 3.8) is 0 Å². The number of fused-ring (bicyclic) bond motifs is 1. The van der Waals surface area contributed by atoms with Gasteiger partial charge in [-0.05, 0) is 61.4 Å². The fourth-order valence-electron chi connectivity index (χ4n) is 3.53. The van der Waals surface area contributed by atoms with Crippen LogP contribution >= 0.6 is 11.3 Å². The predicted octanol–water partition coefficient (Wildman–Crippen LogP) is 5.92. The molecule has 0 aliphatic carbocycles. The van der Waals surface area contributed by atoms with Gasteiger partial charge in [0, 0.05) is 31.8 Å². The first-order valence-electron chi connectivity index (χ1n) is 12.0. The molecule has 3 aromatic carbocycles. The summed E-state index contributed by atoms with van der Waals surface area (Å²) in [6.45, 7) is 2.97. The summed E-state index contributed by atoms with van der Waals surface area (Å²) < 4.78 is 42.2. The second kappa shape index (κ2) is 12.0. The summed E-state index contributed by atoms with van der Waals surface area (Å²) in [4.78, 5) is 23.7. The van der Waals surface area contributed by atoms with E-state index in [1.807, 2.05) is 18.9 Å². The molecule has 0 saturated carbocycles. The maximum absolute atomic E-state index is 12.7. The molecular weight excluding hydrogens is 531 g/mol. The lowest BCUT2D eigenvalue weighted by molar-refractivity contribution is -0.274. The van der Waals surface area contributed by atoms with Crippen molar-refractivity contribution in [3.05, 3.63) is 77.9 Å². The van der Waals surface area contributed by atoms with Gasteiger partial charge in [0.15, 0.2) is 5.13 Å². The molecule has 1 amide bonds. The molecule has 0 aliphatic heterocycles. The summed E-state index contributed by atoms with van der Waals surface area (Å²) in [5, 5.41) is 15.9. The van der Waals surface area contributed by atoms with Crippen molar-refractivity contribution in [3.8, 4) is 11.5 Å². The first-order chi connectivity index (χ1) is 18.6. The Bertz CT molecular complexity index is 1470. The Morgan fingerprint density at radius 1 is 1.13 bits per heavy atom. The topological polar surface area (TPSA) is 99.1 Å². The molecule has 1 aromatic heterocycles. The highest BCUT2D eigenvalue weighted by Crippen LogP contribution is 2.32. The Balaban J connectivity index is 1.47. The van der Waals surface area contributed by atoms with Crippen molar-refractivity contribution in [1.82, 2.24) is 15.2 Å². The number of phenols is 1. The van der Waals surface area contributed by atoms with Gasteiger partial charge in [0.25, 0.3) is 5.91 Å². The monoisotopic (exact) mass is 557 g/mol. The largest absolute Gasteiger partial charge is 0.573 e. The van der Waals surface area contributed by atoms with Crippen molar-refractivity contribution in [2.45, 2.75) is 19.7 Å². The van der Waals surface area contributed by atoms with Gasteiger partial charge in [0.05, 0.1) is 15.9 Å². The standard InChI is InChI=1S/C27H26F3N5O3S/c1-3-35(2)25(34-26-33-22-12-11-21(16-23(22)39-26)38-27(28,29)30)32-19-6-4-5-18(15-19)24(37)31-14-13-17-7-9-20(36)10-8-17/h4-12,15-16,36H,3,13-14H2,1-2H3,(H,31,37)(H,32,33,34). The van der Waals surface area contributed by atoms with Crippen molar-refractivity contribution in [2.24, 2.45) is 4.99 Å². The molecule has 204 valence electrons. The molecule has 0 saturated heterocycles. The molecule has 0 atom stereocenters. The van der Waals surface area contributed by atoms with Gasteiger partial charge in [-0.25, -0.2) is 9.98 Å². The number of halogens is 3. The molecule has 39 heavy (non-hydrogen) atoms.